The van der Waals surface area contributed by atoms with Crippen molar-refractivity contribution in [3.8, 4) is 0 Å². The smallest absolute Gasteiger partial charge is 0.168 e. The summed E-state index contributed by atoms with van der Waals surface area (Å²) >= 11 is 3.45. The van der Waals surface area contributed by atoms with E-state index in [0.717, 1.165) is 20.9 Å². The Labute approximate surface area is 114 Å². The van der Waals surface area contributed by atoms with Crippen molar-refractivity contribution in [1.29, 1.82) is 0 Å². The molecule has 18 heavy (non-hydrogen) atoms. The van der Waals surface area contributed by atoms with E-state index in [-0.39, 0.29) is 0 Å². The van der Waals surface area contributed by atoms with Gasteiger partial charge in [0.05, 0.1) is 0 Å². The Kier molecular flexibility index (Phi) is 2.22. The van der Waals surface area contributed by atoms with E-state index in [1.54, 1.807) is 0 Å². The molecule has 2 nitrogen and oxygen atoms in total. The first-order chi connectivity index (χ1) is 8.75. The summed E-state index contributed by atoms with van der Waals surface area (Å²) in [5.74, 6) is 2.07. The second-order valence-corrected chi connectivity index (χ2v) is 6.46. The maximum Gasteiger partial charge on any atom is 0.168 e. The van der Waals surface area contributed by atoms with Gasteiger partial charge in [0, 0.05) is 33.1 Å². The van der Waals surface area contributed by atoms with Gasteiger partial charge < -0.3 is 4.98 Å². The minimum Gasteiger partial charge on any atom is -0.360 e. The molecule has 2 atom stereocenters. The molecule has 0 aliphatic heterocycles. The lowest BCUT2D eigenvalue weighted by atomic mass is 10.0. The number of aromatic amines is 1. The summed E-state index contributed by atoms with van der Waals surface area (Å²) in [7, 11) is 0. The van der Waals surface area contributed by atoms with Crippen molar-refractivity contribution in [2.75, 3.05) is 0 Å². The first-order valence-electron chi connectivity index (χ1n) is 6.56. The molecule has 4 rings (SSSR count). The number of carbonyl (C=O) groups excluding carboxylic acids is 1. The third-order valence-electron chi connectivity index (χ3n) is 4.62. The molecule has 2 fully saturated rings. The van der Waals surface area contributed by atoms with Gasteiger partial charge in [0.2, 0.25) is 0 Å². The van der Waals surface area contributed by atoms with Crippen molar-refractivity contribution < 1.29 is 4.79 Å². The summed E-state index contributed by atoms with van der Waals surface area (Å²) in [6.07, 6.45) is 5.72. The fourth-order valence-corrected chi connectivity index (χ4v) is 4.05. The van der Waals surface area contributed by atoms with E-state index in [4.69, 9.17) is 0 Å². The Hall–Kier alpha value is -1.09. The summed E-state index contributed by atoms with van der Waals surface area (Å²) in [6.45, 7) is 0. The third kappa shape index (κ3) is 1.43. The standard InChI is InChI=1S/C15H14BrNO/c16-8-4-5-9-12(7-17-13(9)6-8)15(18)14-10-2-1-3-11(10)14/h4-7,10-11,14,17H,1-3H2. The van der Waals surface area contributed by atoms with Crippen LogP contribution in [-0.4, -0.2) is 10.8 Å². The van der Waals surface area contributed by atoms with Gasteiger partial charge in [-0.15, -0.1) is 0 Å². The van der Waals surface area contributed by atoms with Crippen LogP contribution in [0.5, 0.6) is 0 Å². The number of aromatic nitrogens is 1. The van der Waals surface area contributed by atoms with Crippen molar-refractivity contribution in [2.24, 2.45) is 17.8 Å². The van der Waals surface area contributed by atoms with Gasteiger partial charge in [0.15, 0.2) is 5.78 Å². The fraction of sp³-hybridized carbons (Fsp3) is 0.400. The molecule has 0 spiro atoms. The van der Waals surface area contributed by atoms with Crippen molar-refractivity contribution >= 4 is 32.6 Å². The van der Waals surface area contributed by atoms with E-state index >= 15 is 0 Å². The van der Waals surface area contributed by atoms with Crippen molar-refractivity contribution in [2.45, 2.75) is 19.3 Å². The lowest BCUT2D eigenvalue weighted by Crippen LogP contribution is -2.05. The molecule has 2 saturated carbocycles. The molecule has 1 heterocycles. The number of H-pyrrole nitrogens is 1. The van der Waals surface area contributed by atoms with Crippen LogP contribution < -0.4 is 0 Å². The largest absolute Gasteiger partial charge is 0.360 e. The average molecular weight is 304 g/mol. The van der Waals surface area contributed by atoms with Gasteiger partial charge in [-0.1, -0.05) is 28.4 Å². The van der Waals surface area contributed by atoms with Gasteiger partial charge in [-0.05, 0) is 36.8 Å². The molecule has 3 heteroatoms. The Morgan fingerprint density at radius 2 is 2.06 bits per heavy atom. The molecule has 0 saturated heterocycles. The highest BCUT2D eigenvalue weighted by molar-refractivity contribution is 9.10. The number of rotatable bonds is 2. The molecular weight excluding hydrogens is 290 g/mol. The van der Waals surface area contributed by atoms with Crippen molar-refractivity contribution in [3.05, 3.63) is 34.4 Å². The molecule has 2 unspecified atom stereocenters. The molecule has 1 aromatic carbocycles. The number of hydrogen-bond donors (Lipinski definition) is 1. The molecule has 0 radical (unpaired) electrons. The first-order valence-corrected chi connectivity index (χ1v) is 7.36. The second kappa shape index (κ2) is 3.70. The lowest BCUT2D eigenvalue weighted by Gasteiger charge is -2.01. The molecule has 92 valence electrons. The number of hydrogen-bond acceptors (Lipinski definition) is 1. The van der Waals surface area contributed by atoms with Gasteiger partial charge >= 0.3 is 0 Å². The molecule has 2 aromatic rings. The third-order valence-corrected chi connectivity index (χ3v) is 5.11. The maximum absolute atomic E-state index is 12.5. The summed E-state index contributed by atoms with van der Waals surface area (Å²) in [6, 6.07) is 6.06. The van der Waals surface area contributed by atoms with Crippen LogP contribution in [0.1, 0.15) is 29.6 Å². The monoisotopic (exact) mass is 303 g/mol. The zero-order valence-electron chi connectivity index (χ0n) is 9.95. The minimum absolute atomic E-state index is 0.321. The van der Waals surface area contributed by atoms with E-state index in [2.05, 4.69) is 20.9 Å². The van der Waals surface area contributed by atoms with E-state index in [0.29, 0.717) is 23.5 Å². The van der Waals surface area contributed by atoms with Crippen LogP contribution in [-0.2, 0) is 0 Å². The Bertz CT molecular complexity index is 635. The van der Waals surface area contributed by atoms with Gasteiger partial charge in [-0.2, -0.15) is 0 Å². The number of ketones is 1. The quantitative estimate of drug-likeness (QED) is 0.830. The zero-order valence-corrected chi connectivity index (χ0v) is 11.5. The van der Waals surface area contributed by atoms with Gasteiger partial charge in [-0.25, -0.2) is 0 Å². The SMILES string of the molecule is O=C(c1c[nH]c2cc(Br)ccc12)C1C2CCCC21. The highest BCUT2D eigenvalue weighted by Crippen LogP contribution is 2.58. The molecule has 1 N–H and O–H groups in total. The molecule has 0 amide bonds. The molecule has 1 aromatic heterocycles. The predicted octanol–water partition coefficient (Wildman–Crippen LogP) is 4.16. The van der Waals surface area contributed by atoms with Crippen molar-refractivity contribution in [3.63, 3.8) is 0 Å². The Balaban J connectivity index is 1.72. The van der Waals surface area contributed by atoms with E-state index < -0.39 is 0 Å². The number of fused-ring (bicyclic) bond motifs is 2. The highest BCUT2D eigenvalue weighted by Gasteiger charge is 2.56. The normalized spacial score (nSPS) is 29.5. The topological polar surface area (TPSA) is 32.9 Å². The fourth-order valence-electron chi connectivity index (χ4n) is 3.69. The number of Topliss-reactive ketones (excluding diaryl/α,β-unsaturated/α-hetero) is 1. The number of benzene rings is 1. The first kappa shape index (κ1) is 10.8. The minimum atomic E-state index is 0.321. The predicted molar refractivity (Wildman–Crippen MR) is 74.7 cm³/mol. The Morgan fingerprint density at radius 3 is 2.83 bits per heavy atom. The van der Waals surface area contributed by atoms with Crippen LogP contribution in [0.15, 0.2) is 28.9 Å². The molecule has 2 aliphatic carbocycles. The lowest BCUT2D eigenvalue weighted by molar-refractivity contribution is 0.0953. The van der Waals surface area contributed by atoms with Gasteiger partial charge in [0.1, 0.15) is 0 Å². The summed E-state index contributed by atoms with van der Waals surface area (Å²) < 4.78 is 1.04. The molecular formula is C15H14BrNO. The molecule has 0 bridgehead atoms. The summed E-state index contributed by atoms with van der Waals surface area (Å²) in [4.78, 5) is 15.8. The highest BCUT2D eigenvalue weighted by atomic mass is 79.9. The zero-order chi connectivity index (χ0) is 12.3. The maximum atomic E-state index is 12.5. The summed E-state index contributed by atoms with van der Waals surface area (Å²) in [5, 5.41) is 1.06. The van der Waals surface area contributed by atoms with Crippen LogP contribution in [0.4, 0.5) is 0 Å². The second-order valence-electron chi connectivity index (χ2n) is 5.54. The van der Waals surface area contributed by atoms with Crippen LogP contribution in [0.3, 0.4) is 0 Å². The van der Waals surface area contributed by atoms with Crippen LogP contribution in [0, 0.1) is 17.8 Å². The van der Waals surface area contributed by atoms with E-state index in [1.165, 1.54) is 19.3 Å². The molecule has 2 aliphatic rings. The van der Waals surface area contributed by atoms with E-state index in [9.17, 15) is 4.79 Å². The average Bonchev–Trinajstić information content (AvgIpc) is 2.77. The van der Waals surface area contributed by atoms with Gasteiger partial charge in [-0.3, -0.25) is 4.79 Å². The Morgan fingerprint density at radius 1 is 1.28 bits per heavy atom. The van der Waals surface area contributed by atoms with E-state index in [1.807, 2.05) is 24.4 Å². The number of nitrogens with one attached hydrogen (secondary N) is 1. The summed E-state index contributed by atoms with van der Waals surface area (Å²) in [5.41, 5.74) is 1.93. The number of carbonyl (C=O) groups is 1. The number of halogens is 1. The van der Waals surface area contributed by atoms with Crippen LogP contribution >= 0.6 is 15.9 Å². The van der Waals surface area contributed by atoms with Crippen LogP contribution in [0.2, 0.25) is 0 Å². The van der Waals surface area contributed by atoms with Gasteiger partial charge in [0.25, 0.3) is 0 Å². The van der Waals surface area contributed by atoms with Crippen molar-refractivity contribution in [1.82, 2.24) is 4.98 Å². The van der Waals surface area contributed by atoms with Crippen LogP contribution in [0.25, 0.3) is 10.9 Å².